The molecule has 0 bridgehead atoms. The number of hydrogen-bond donors (Lipinski definition) is 1. The topological polar surface area (TPSA) is 51.6 Å². The minimum atomic E-state index is -0.560. The fourth-order valence-electron chi connectivity index (χ4n) is 2.19. The summed E-state index contributed by atoms with van der Waals surface area (Å²) in [7, 11) is -0.560. The number of rotatable bonds is 3. The van der Waals surface area contributed by atoms with Gasteiger partial charge in [-0.15, -0.1) is 0 Å². The van der Waals surface area contributed by atoms with Gasteiger partial charge in [0, 0.05) is 11.7 Å². The van der Waals surface area contributed by atoms with Gasteiger partial charge in [0.1, 0.15) is 5.15 Å². The Balaban J connectivity index is 2.39. The fraction of sp³-hybridized carbons (Fsp3) is 0.643. The molecule has 1 N–H and O–H groups in total. The van der Waals surface area contributed by atoms with E-state index in [0.29, 0.717) is 17.0 Å². The van der Waals surface area contributed by atoms with Crippen LogP contribution >= 0.6 is 11.6 Å². The Morgan fingerprint density at radius 2 is 1.85 bits per heavy atom. The van der Waals surface area contributed by atoms with E-state index in [1.54, 1.807) is 13.1 Å². The lowest BCUT2D eigenvalue weighted by atomic mass is 9.76. The lowest BCUT2D eigenvalue weighted by Gasteiger charge is -2.32. The van der Waals surface area contributed by atoms with Crippen molar-refractivity contribution in [3.8, 4) is 0 Å². The molecule has 1 aromatic heterocycles. The number of aliphatic hydroxyl groups is 1. The normalized spacial score (nSPS) is 22.1. The lowest BCUT2D eigenvalue weighted by Crippen LogP contribution is -2.41. The van der Waals surface area contributed by atoms with Crippen molar-refractivity contribution >= 4 is 24.2 Å². The predicted octanol–water partition coefficient (Wildman–Crippen LogP) is 1.96. The van der Waals surface area contributed by atoms with Crippen LogP contribution in [0.15, 0.2) is 12.3 Å². The molecule has 4 nitrogen and oxygen atoms in total. The number of pyridine rings is 1. The molecule has 2 heterocycles. The van der Waals surface area contributed by atoms with Gasteiger partial charge in [-0.05, 0) is 52.7 Å². The Labute approximate surface area is 125 Å². The van der Waals surface area contributed by atoms with Gasteiger partial charge >= 0.3 is 7.12 Å². The molecule has 0 aromatic carbocycles. The smallest absolute Gasteiger partial charge is 0.399 e. The SMILES string of the molecule is CC(O)Cc1ccnc(Cl)c1B1OC(C)(C)C(C)(C)O1. The molecule has 110 valence electrons. The van der Waals surface area contributed by atoms with Crippen molar-refractivity contribution in [1.82, 2.24) is 4.98 Å². The quantitative estimate of drug-likeness (QED) is 0.684. The van der Waals surface area contributed by atoms with Crippen LogP contribution in [0.25, 0.3) is 0 Å². The molecule has 0 aliphatic carbocycles. The number of halogens is 1. The third kappa shape index (κ3) is 2.86. The molecule has 1 aliphatic rings. The molecule has 1 aromatic rings. The highest BCUT2D eigenvalue weighted by Crippen LogP contribution is 2.37. The van der Waals surface area contributed by atoms with Crippen LogP contribution in [0.5, 0.6) is 0 Å². The standard InChI is InChI=1S/C14H21BClNO3/c1-9(18)8-10-6-7-17-12(16)11(10)15-19-13(2,3)14(4,5)20-15/h6-7,9,18H,8H2,1-5H3. The molecule has 0 radical (unpaired) electrons. The third-order valence-corrected chi connectivity index (χ3v) is 4.34. The second kappa shape index (κ2) is 5.30. The van der Waals surface area contributed by atoms with Crippen molar-refractivity contribution in [2.45, 2.75) is 58.3 Å². The van der Waals surface area contributed by atoms with Gasteiger partial charge in [-0.25, -0.2) is 4.98 Å². The second-order valence-corrected chi connectivity index (χ2v) is 6.67. The zero-order valence-electron chi connectivity index (χ0n) is 12.6. The summed E-state index contributed by atoms with van der Waals surface area (Å²) in [6.45, 7) is 9.71. The van der Waals surface area contributed by atoms with Crippen LogP contribution in [0.1, 0.15) is 40.2 Å². The van der Waals surface area contributed by atoms with E-state index in [4.69, 9.17) is 20.9 Å². The number of hydrogen-bond acceptors (Lipinski definition) is 4. The third-order valence-electron chi connectivity index (χ3n) is 4.04. The molecule has 1 aliphatic heterocycles. The first-order valence-corrected chi connectivity index (χ1v) is 7.19. The zero-order valence-corrected chi connectivity index (χ0v) is 13.4. The van der Waals surface area contributed by atoms with Crippen molar-refractivity contribution < 1.29 is 14.4 Å². The first-order valence-electron chi connectivity index (χ1n) is 6.81. The Bertz CT molecular complexity index is 489. The molecule has 1 fully saturated rings. The van der Waals surface area contributed by atoms with Crippen molar-refractivity contribution in [3.05, 3.63) is 23.0 Å². The van der Waals surface area contributed by atoms with Gasteiger partial charge in [0.05, 0.1) is 17.3 Å². The Morgan fingerprint density at radius 3 is 2.35 bits per heavy atom. The molecule has 2 rings (SSSR count). The van der Waals surface area contributed by atoms with Crippen LogP contribution < -0.4 is 5.46 Å². The lowest BCUT2D eigenvalue weighted by molar-refractivity contribution is 0.00578. The van der Waals surface area contributed by atoms with Gasteiger partial charge in [-0.1, -0.05) is 11.6 Å². The summed E-state index contributed by atoms with van der Waals surface area (Å²) in [5.41, 5.74) is 0.755. The van der Waals surface area contributed by atoms with Crippen molar-refractivity contribution in [3.63, 3.8) is 0 Å². The molecule has 6 heteroatoms. The van der Waals surface area contributed by atoms with Crippen molar-refractivity contribution in [2.24, 2.45) is 0 Å². The summed E-state index contributed by atoms with van der Waals surface area (Å²) >= 11 is 6.23. The molecule has 1 atom stereocenters. The fourth-order valence-corrected chi connectivity index (χ4v) is 2.46. The van der Waals surface area contributed by atoms with Crippen LogP contribution in [-0.4, -0.2) is 34.5 Å². The molecule has 1 saturated heterocycles. The highest BCUT2D eigenvalue weighted by atomic mass is 35.5. The Kier molecular flexibility index (Phi) is 4.18. The maximum atomic E-state index is 9.62. The summed E-state index contributed by atoms with van der Waals surface area (Å²) in [4.78, 5) is 4.11. The summed E-state index contributed by atoms with van der Waals surface area (Å²) in [6.07, 6.45) is 1.66. The van der Waals surface area contributed by atoms with Gasteiger partial charge in [0.2, 0.25) is 0 Å². The van der Waals surface area contributed by atoms with Gasteiger partial charge < -0.3 is 14.4 Å². The van der Waals surface area contributed by atoms with E-state index in [1.807, 2.05) is 33.8 Å². The molecular weight excluding hydrogens is 276 g/mol. The van der Waals surface area contributed by atoms with E-state index in [2.05, 4.69) is 4.98 Å². The monoisotopic (exact) mass is 297 g/mol. The number of aromatic nitrogens is 1. The zero-order chi connectivity index (χ0) is 15.1. The van der Waals surface area contributed by atoms with Crippen LogP contribution in [0.2, 0.25) is 5.15 Å². The number of nitrogens with zero attached hydrogens (tertiary/aromatic N) is 1. The minimum Gasteiger partial charge on any atom is -0.399 e. The molecule has 0 saturated carbocycles. The average molecular weight is 298 g/mol. The number of aliphatic hydroxyl groups excluding tert-OH is 1. The van der Waals surface area contributed by atoms with E-state index in [0.717, 1.165) is 5.56 Å². The van der Waals surface area contributed by atoms with Gasteiger partial charge in [0.25, 0.3) is 0 Å². The maximum absolute atomic E-state index is 9.62. The summed E-state index contributed by atoms with van der Waals surface area (Å²) in [5.74, 6) is 0. The van der Waals surface area contributed by atoms with Crippen LogP contribution in [0, 0.1) is 0 Å². The average Bonchev–Trinajstić information content (AvgIpc) is 2.46. The van der Waals surface area contributed by atoms with E-state index >= 15 is 0 Å². The van der Waals surface area contributed by atoms with E-state index in [9.17, 15) is 5.11 Å². The Morgan fingerprint density at radius 1 is 1.30 bits per heavy atom. The van der Waals surface area contributed by atoms with Crippen LogP contribution in [-0.2, 0) is 15.7 Å². The molecule has 20 heavy (non-hydrogen) atoms. The van der Waals surface area contributed by atoms with Crippen LogP contribution in [0.4, 0.5) is 0 Å². The first-order chi connectivity index (χ1) is 9.14. The van der Waals surface area contributed by atoms with Gasteiger partial charge in [-0.3, -0.25) is 0 Å². The van der Waals surface area contributed by atoms with Crippen LogP contribution in [0.3, 0.4) is 0 Å². The van der Waals surface area contributed by atoms with E-state index in [-0.39, 0.29) is 0 Å². The van der Waals surface area contributed by atoms with E-state index < -0.39 is 24.4 Å². The van der Waals surface area contributed by atoms with Gasteiger partial charge in [0.15, 0.2) is 0 Å². The highest BCUT2D eigenvalue weighted by Gasteiger charge is 2.52. The first kappa shape index (κ1) is 15.8. The second-order valence-electron chi connectivity index (χ2n) is 6.32. The van der Waals surface area contributed by atoms with Crippen molar-refractivity contribution in [1.29, 1.82) is 0 Å². The molecule has 0 amide bonds. The molecule has 1 unspecified atom stereocenters. The highest BCUT2D eigenvalue weighted by molar-refractivity contribution is 6.66. The van der Waals surface area contributed by atoms with Gasteiger partial charge in [-0.2, -0.15) is 0 Å². The summed E-state index contributed by atoms with van der Waals surface area (Å²) < 4.78 is 12.0. The largest absolute Gasteiger partial charge is 0.498 e. The predicted molar refractivity (Wildman–Crippen MR) is 80.3 cm³/mol. The minimum absolute atomic E-state index is 0.363. The Hall–Kier alpha value is -0.615. The maximum Gasteiger partial charge on any atom is 0.498 e. The molecule has 0 spiro atoms. The summed E-state index contributed by atoms with van der Waals surface area (Å²) in [6, 6.07) is 1.85. The summed E-state index contributed by atoms with van der Waals surface area (Å²) in [5, 5.41) is 9.99. The molecular formula is C14H21BClNO3. The van der Waals surface area contributed by atoms with Crippen molar-refractivity contribution in [2.75, 3.05) is 0 Å². The van der Waals surface area contributed by atoms with E-state index in [1.165, 1.54) is 0 Å².